The molecule has 3 fully saturated rings. The smallest absolute Gasteiger partial charge is 0.146 e. The van der Waals surface area contributed by atoms with Crippen molar-refractivity contribution in [1.82, 2.24) is 0 Å². The molecular weight excluding hydrogens is 316 g/mol. The van der Waals surface area contributed by atoms with E-state index in [0.717, 1.165) is 25.7 Å². The molecule has 0 spiro atoms. The van der Waals surface area contributed by atoms with Crippen molar-refractivity contribution in [3.05, 3.63) is 12.7 Å². The zero-order valence-corrected chi connectivity index (χ0v) is 16.3. The van der Waals surface area contributed by atoms with Gasteiger partial charge in [0.15, 0.2) is 0 Å². The van der Waals surface area contributed by atoms with E-state index in [9.17, 15) is 4.79 Å². The molecule has 4 nitrogen and oxygen atoms in total. The van der Waals surface area contributed by atoms with Crippen LogP contribution in [0.15, 0.2) is 12.7 Å². The Bertz CT molecular complexity index is 514. The number of hydrogen-bond acceptors (Lipinski definition) is 4. The molecule has 0 amide bonds. The molecule has 1 aliphatic heterocycles. The quantitative estimate of drug-likeness (QED) is 0.415. The van der Waals surface area contributed by atoms with Crippen LogP contribution in [0.4, 0.5) is 0 Å². The Hall–Kier alpha value is -0.710. The zero-order valence-electron chi connectivity index (χ0n) is 16.3. The standard InChI is InChI=1S/C21H34O4/c1-6-7-14-18(12-24-13-23-5)21(4)9-8-17-15(10-21)16(19(14)22)11-25-20(17,2)3/h6,14-18H,1,7-13H2,2-5H3/t14-,15-,16-,17-,18+,21+/m1/s1. The van der Waals surface area contributed by atoms with Crippen molar-refractivity contribution in [3.8, 4) is 0 Å². The Morgan fingerprint density at radius 1 is 1.36 bits per heavy atom. The van der Waals surface area contributed by atoms with Crippen molar-refractivity contribution in [2.75, 3.05) is 27.1 Å². The third-order valence-electron chi connectivity index (χ3n) is 7.32. The summed E-state index contributed by atoms with van der Waals surface area (Å²) in [4.78, 5) is 13.5. The van der Waals surface area contributed by atoms with Crippen molar-refractivity contribution in [2.24, 2.45) is 35.0 Å². The fourth-order valence-corrected chi connectivity index (χ4v) is 5.93. The number of hydrogen-bond donors (Lipinski definition) is 0. The molecule has 1 heterocycles. The number of carbonyl (C=O) groups excluding carboxylic acids is 1. The Morgan fingerprint density at radius 2 is 2.12 bits per heavy atom. The van der Waals surface area contributed by atoms with Gasteiger partial charge in [-0.2, -0.15) is 0 Å². The Balaban J connectivity index is 1.95. The maximum absolute atomic E-state index is 13.5. The van der Waals surface area contributed by atoms with E-state index in [1.54, 1.807) is 7.11 Å². The Kier molecular flexibility index (Phi) is 5.44. The molecule has 0 aromatic rings. The summed E-state index contributed by atoms with van der Waals surface area (Å²) in [5.74, 6) is 1.54. The molecule has 0 unspecified atom stereocenters. The highest BCUT2D eigenvalue weighted by atomic mass is 16.7. The van der Waals surface area contributed by atoms with E-state index < -0.39 is 0 Å². The highest BCUT2D eigenvalue weighted by Crippen LogP contribution is 2.59. The molecule has 25 heavy (non-hydrogen) atoms. The molecular formula is C21H34O4. The number of carbonyl (C=O) groups is 1. The SMILES string of the molecule is C=CC[C@H]1C(=O)[C@@H]2COC(C)(C)[C@@H]3CC[C@@](C)(C[C@@H]32)[C@H]1COCOC. The topological polar surface area (TPSA) is 44.8 Å². The fourth-order valence-electron chi connectivity index (χ4n) is 5.93. The van der Waals surface area contributed by atoms with Crippen LogP contribution in [0.5, 0.6) is 0 Å². The molecule has 142 valence electrons. The summed E-state index contributed by atoms with van der Waals surface area (Å²) in [5.41, 5.74) is 0.0174. The van der Waals surface area contributed by atoms with Gasteiger partial charge in [-0.1, -0.05) is 13.0 Å². The van der Waals surface area contributed by atoms with E-state index in [4.69, 9.17) is 14.2 Å². The van der Waals surface area contributed by atoms with E-state index in [1.807, 2.05) is 6.08 Å². The van der Waals surface area contributed by atoms with E-state index in [0.29, 0.717) is 30.8 Å². The van der Waals surface area contributed by atoms with E-state index in [-0.39, 0.29) is 35.6 Å². The van der Waals surface area contributed by atoms with E-state index in [2.05, 4.69) is 27.4 Å². The summed E-state index contributed by atoms with van der Waals surface area (Å²) in [6.07, 6.45) is 6.01. The number of Topliss-reactive ketones (excluding diaryl/α,β-unsaturated/α-hetero) is 1. The number of fused-ring (bicyclic) bond motifs is 1. The largest absolute Gasteiger partial charge is 0.375 e. The number of ether oxygens (including phenoxy) is 3. The number of allylic oxidation sites excluding steroid dienone is 1. The van der Waals surface area contributed by atoms with E-state index in [1.165, 1.54) is 0 Å². The number of ketones is 1. The van der Waals surface area contributed by atoms with Gasteiger partial charge in [0.25, 0.3) is 0 Å². The summed E-state index contributed by atoms with van der Waals surface area (Å²) >= 11 is 0. The van der Waals surface area contributed by atoms with Gasteiger partial charge in [0.05, 0.1) is 18.8 Å². The van der Waals surface area contributed by atoms with Crippen LogP contribution in [0.1, 0.15) is 46.5 Å². The van der Waals surface area contributed by atoms with Crippen LogP contribution in [0.3, 0.4) is 0 Å². The molecule has 6 atom stereocenters. The van der Waals surface area contributed by atoms with Gasteiger partial charge in [0.1, 0.15) is 12.6 Å². The van der Waals surface area contributed by atoms with Crippen LogP contribution in [0.2, 0.25) is 0 Å². The van der Waals surface area contributed by atoms with Gasteiger partial charge in [-0.15, -0.1) is 6.58 Å². The molecule has 3 rings (SSSR count). The molecule has 2 saturated carbocycles. The molecule has 2 aliphatic carbocycles. The summed E-state index contributed by atoms with van der Waals surface area (Å²) in [7, 11) is 1.64. The van der Waals surface area contributed by atoms with Gasteiger partial charge in [0.2, 0.25) is 0 Å². The summed E-state index contributed by atoms with van der Waals surface area (Å²) in [6.45, 7) is 12.1. The van der Waals surface area contributed by atoms with Crippen molar-refractivity contribution < 1.29 is 19.0 Å². The second-order valence-corrected chi connectivity index (χ2v) is 9.11. The summed E-state index contributed by atoms with van der Waals surface area (Å²) in [5, 5.41) is 0. The van der Waals surface area contributed by atoms with Crippen LogP contribution in [0.25, 0.3) is 0 Å². The third-order valence-corrected chi connectivity index (χ3v) is 7.32. The first-order chi connectivity index (χ1) is 11.8. The first-order valence-corrected chi connectivity index (χ1v) is 9.69. The number of rotatable bonds is 6. The first-order valence-electron chi connectivity index (χ1n) is 9.69. The molecule has 2 bridgehead atoms. The first kappa shape index (κ1) is 19.1. The predicted octanol–water partition coefficient (Wildman–Crippen LogP) is 3.85. The van der Waals surface area contributed by atoms with Gasteiger partial charge in [-0.25, -0.2) is 0 Å². The monoisotopic (exact) mass is 350 g/mol. The lowest BCUT2D eigenvalue weighted by Gasteiger charge is -2.53. The van der Waals surface area contributed by atoms with Crippen LogP contribution in [-0.4, -0.2) is 38.5 Å². The van der Waals surface area contributed by atoms with Gasteiger partial charge in [-0.05, 0) is 62.7 Å². The number of methoxy groups -OCH3 is 1. The van der Waals surface area contributed by atoms with Gasteiger partial charge in [-0.3, -0.25) is 4.79 Å². The molecule has 0 N–H and O–H groups in total. The van der Waals surface area contributed by atoms with Crippen molar-refractivity contribution in [3.63, 3.8) is 0 Å². The molecule has 1 saturated heterocycles. The molecule has 4 heteroatoms. The second kappa shape index (κ2) is 7.13. The van der Waals surface area contributed by atoms with Crippen molar-refractivity contribution in [1.29, 1.82) is 0 Å². The second-order valence-electron chi connectivity index (χ2n) is 9.11. The minimum absolute atomic E-state index is 0.0158. The lowest BCUT2D eigenvalue weighted by molar-refractivity contribution is -0.174. The van der Waals surface area contributed by atoms with Gasteiger partial charge >= 0.3 is 0 Å². The average molecular weight is 350 g/mol. The van der Waals surface area contributed by atoms with Crippen LogP contribution >= 0.6 is 0 Å². The van der Waals surface area contributed by atoms with E-state index >= 15 is 0 Å². The van der Waals surface area contributed by atoms with Gasteiger partial charge in [0, 0.05) is 18.9 Å². The minimum atomic E-state index is -0.122. The van der Waals surface area contributed by atoms with Crippen LogP contribution in [-0.2, 0) is 19.0 Å². The fraction of sp³-hybridized carbons (Fsp3) is 0.857. The Morgan fingerprint density at radius 3 is 2.80 bits per heavy atom. The lowest BCUT2D eigenvalue weighted by Crippen LogP contribution is -2.53. The highest BCUT2D eigenvalue weighted by Gasteiger charge is 2.58. The third kappa shape index (κ3) is 3.33. The maximum Gasteiger partial charge on any atom is 0.146 e. The highest BCUT2D eigenvalue weighted by molar-refractivity contribution is 5.85. The lowest BCUT2D eigenvalue weighted by atomic mass is 9.56. The molecule has 3 aliphatic rings. The van der Waals surface area contributed by atoms with Crippen LogP contribution in [0, 0.1) is 35.0 Å². The molecule has 0 aromatic heterocycles. The predicted molar refractivity (Wildman–Crippen MR) is 97.1 cm³/mol. The molecule has 0 aromatic carbocycles. The van der Waals surface area contributed by atoms with Gasteiger partial charge < -0.3 is 14.2 Å². The minimum Gasteiger partial charge on any atom is -0.375 e. The van der Waals surface area contributed by atoms with Crippen molar-refractivity contribution in [2.45, 2.75) is 52.1 Å². The summed E-state index contributed by atoms with van der Waals surface area (Å²) in [6, 6.07) is 0. The Labute approximate surface area is 152 Å². The molecule has 0 radical (unpaired) electrons. The van der Waals surface area contributed by atoms with Crippen molar-refractivity contribution >= 4 is 5.78 Å². The average Bonchev–Trinajstić information content (AvgIpc) is 2.62. The maximum atomic E-state index is 13.5. The zero-order chi connectivity index (χ0) is 18.2. The normalized spacial score (nSPS) is 42.7. The van der Waals surface area contributed by atoms with Crippen LogP contribution < -0.4 is 0 Å². The summed E-state index contributed by atoms with van der Waals surface area (Å²) < 4.78 is 17.0.